The zero-order valence-corrected chi connectivity index (χ0v) is 10.7. The molecule has 0 saturated carbocycles. The molecule has 2 aromatic rings. The number of nitrogens with zero attached hydrogens (tertiary/aromatic N) is 1. The van der Waals surface area contributed by atoms with E-state index in [0.29, 0.717) is 17.1 Å². The minimum Gasteiger partial charge on any atom is -0.358 e. The molecule has 0 aliphatic heterocycles. The van der Waals surface area contributed by atoms with Gasteiger partial charge in [-0.25, -0.2) is 0 Å². The summed E-state index contributed by atoms with van der Waals surface area (Å²) in [7, 11) is 0. The number of amides is 1. The highest BCUT2D eigenvalue weighted by Gasteiger charge is 2.13. The molecule has 0 fully saturated rings. The predicted octanol–water partition coefficient (Wildman–Crippen LogP) is 2.84. The van der Waals surface area contributed by atoms with Crippen LogP contribution < -0.4 is 5.32 Å². The van der Waals surface area contributed by atoms with Crippen molar-refractivity contribution in [1.82, 2.24) is 5.16 Å². The Hall–Kier alpha value is -1.37. The molecule has 82 valence electrons. The molecule has 1 amide bonds. The molecule has 1 heterocycles. The van der Waals surface area contributed by atoms with Crippen LogP contribution in [0.15, 0.2) is 34.9 Å². The summed E-state index contributed by atoms with van der Waals surface area (Å²) in [5.74, 6) is 0.975. The van der Waals surface area contributed by atoms with E-state index in [1.54, 1.807) is 19.1 Å². The van der Waals surface area contributed by atoms with Crippen LogP contribution in [-0.2, 0) is 0 Å². The van der Waals surface area contributed by atoms with Crippen LogP contribution in [0.1, 0.15) is 16.1 Å². The molecule has 0 unspecified atom stereocenters. The lowest BCUT2D eigenvalue weighted by atomic mass is 10.2. The van der Waals surface area contributed by atoms with Crippen LogP contribution in [0.5, 0.6) is 0 Å². The molecule has 0 atom stereocenters. The normalized spacial score (nSPS) is 10.1. The Balaban J connectivity index is 2.17. The summed E-state index contributed by atoms with van der Waals surface area (Å²) in [4.78, 5) is 11.8. The number of anilines is 1. The molecule has 5 heteroatoms. The highest BCUT2D eigenvalue weighted by molar-refractivity contribution is 14.1. The number of rotatable bonds is 2. The van der Waals surface area contributed by atoms with Gasteiger partial charge >= 0.3 is 0 Å². The third-order valence-corrected chi connectivity index (χ3v) is 3.33. The van der Waals surface area contributed by atoms with Crippen LogP contribution in [0.3, 0.4) is 0 Å². The Labute approximate surface area is 106 Å². The van der Waals surface area contributed by atoms with Gasteiger partial charge in [-0.15, -0.1) is 0 Å². The maximum Gasteiger partial charge on any atom is 0.256 e. The van der Waals surface area contributed by atoms with Gasteiger partial charge in [-0.05, 0) is 41.6 Å². The number of halogens is 1. The van der Waals surface area contributed by atoms with Crippen LogP contribution >= 0.6 is 22.6 Å². The van der Waals surface area contributed by atoms with E-state index in [0.717, 1.165) is 3.57 Å². The van der Waals surface area contributed by atoms with E-state index >= 15 is 0 Å². The lowest BCUT2D eigenvalue weighted by molar-refractivity contribution is 0.102. The Kier molecular flexibility index (Phi) is 3.23. The first kappa shape index (κ1) is 11.1. The fourth-order valence-corrected chi connectivity index (χ4v) is 1.54. The van der Waals surface area contributed by atoms with Gasteiger partial charge < -0.3 is 9.84 Å². The molecule has 16 heavy (non-hydrogen) atoms. The minimum atomic E-state index is -0.188. The number of aryl methyl sites for hydroxylation is 1. The Bertz CT molecular complexity index is 508. The summed E-state index contributed by atoms with van der Waals surface area (Å²) in [5.41, 5.74) is 0.596. The molecule has 4 nitrogen and oxygen atoms in total. The molecule has 1 N–H and O–H groups in total. The van der Waals surface area contributed by atoms with Crippen molar-refractivity contribution in [3.8, 4) is 0 Å². The summed E-state index contributed by atoms with van der Waals surface area (Å²) in [6.07, 6.45) is 0. The van der Waals surface area contributed by atoms with Crippen molar-refractivity contribution >= 4 is 34.3 Å². The monoisotopic (exact) mass is 328 g/mol. The molecule has 0 spiro atoms. The van der Waals surface area contributed by atoms with Gasteiger partial charge in [0.2, 0.25) is 0 Å². The third kappa shape index (κ3) is 2.24. The van der Waals surface area contributed by atoms with E-state index in [1.807, 2.05) is 18.2 Å². The van der Waals surface area contributed by atoms with Crippen LogP contribution in [0.4, 0.5) is 5.82 Å². The quantitative estimate of drug-likeness (QED) is 0.863. The summed E-state index contributed by atoms with van der Waals surface area (Å²) in [6, 6.07) is 8.98. The van der Waals surface area contributed by atoms with Crippen molar-refractivity contribution < 1.29 is 9.32 Å². The summed E-state index contributed by atoms with van der Waals surface area (Å²) < 4.78 is 5.78. The van der Waals surface area contributed by atoms with Crippen LogP contribution in [0.2, 0.25) is 0 Å². The number of hydrogen-bond acceptors (Lipinski definition) is 3. The van der Waals surface area contributed by atoms with Crippen molar-refractivity contribution in [3.05, 3.63) is 45.2 Å². The van der Waals surface area contributed by atoms with Gasteiger partial charge in [0, 0.05) is 5.56 Å². The number of carbonyl (C=O) groups is 1. The maximum atomic E-state index is 11.8. The molecule has 0 aliphatic rings. The number of carbonyl (C=O) groups excluding carboxylic acids is 1. The second-order valence-corrected chi connectivity index (χ2v) is 4.30. The Morgan fingerprint density at radius 1 is 1.38 bits per heavy atom. The van der Waals surface area contributed by atoms with Crippen molar-refractivity contribution in [3.63, 3.8) is 0 Å². The number of hydrogen-bond donors (Lipinski definition) is 1. The van der Waals surface area contributed by atoms with E-state index in [1.165, 1.54) is 0 Å². The zero-order valence-electron chi connectivity index (χ0n) is 8.53. The van der Waals surface area contributed by atoms with Crippen LogP contribution in [-0.4, -0.2) is 11.1 Å². The van der Waals surface area contributed by atoms with E-state index in [9.17, 15) is 4.79 Å². The van der Waals surface area contributed by atoms with E-state index in [4.69, 9.17) is 4.52 Å². The number of nitrogens with one attached hydrogen (secondary N) is 1. The molecular formula is C11H9IN2O2. The second kappa shape index (κ2) is 4.65. The molecular weight excluding hydrogens is 319 g/mol. The fraction of sp³-hybridized carbons (Fsp3) is 0.0909. The summed E-state index contributed by atoms with van der Waals surface area (Å²) in [5, 5.41) is 6.46. The predicted molar refractivity (Wildman–Crippen MR) is 68.4 cm³/mol. The van der Waals surface area contributed by atoms with Crippen molar-refractivity contribution in [1.29, 1.82) is 0 Å². The highest BCUT2D eigenvalue weighted by atomic mass is 127. The minimum absolute atomic E-state index is 0.188. The first-order valence-corrected chi connectivity index (χ1v) is 5.74. The number of benzene rings is 1. The second-order valence-electron chi connectivity index (χ2n) is 3.22. The zero-order chi connectivity index (χ0) is 11.5. The lowest BCUT2D eigenvalue weighted by Crippen LogP contribution is -2.12. The van der Waals surface area contributed by atoms with Gasteiger partial charge in [0.25, 0.3) is 5.91 Å². The smallest absolute Gasteiger partial charge is 0.256 e. The van der Waals surface area contributed by atoms with Gasteiger partial charge in [0.15, 0.2) is 5.82 Å². The molecule has 2 rings (SSSR count). The average molecular weight is 328 g/mol. The Morgan fingerprint density at radius 2 is 2.06 bits per heavy atom. The largest absolute Gasteiger partial charge is 0.358 e. The Morgan fingerprint density at radius 3 is 2.62 bits per heavy atom. The highest BCUT2D eigenvalue weighted by Crippen LogP contribution is 2.20. The van der Waals surface area contributed by atoms with Gasteiger partial charge in [-0.3, -0.25) is 4.79 Å². The molecule has 1 aromatic carbocycles. The molecule has 1 aromatic heterocycles. The first-order chi connectivity index (χ1) is 7.68. The summed E-state index contributed by atoms with van der Waals surface area (Å²) in [6.45, 7) is 1.80. The SMILES string of the molecule is Cc1onc(NC(=O)c2ccccc2)c1I. The standard InChI is InChI=1S/C11H9IN2O2/c1-7-9(12)10(14-16-7)13-11(15)8-5-3-2-4-6-8/h2-6H,1H3,(H,13,14,15). The average Bonchev–Trinajstić information content (AvgIpc) is 2.62. The van der Waals surface area contributed by atoms with Gasteiger partial charge in [-0.1, -0.05) is 23.4 Å². The number of aromatic nitrogens is 1. The van der Waals surface area contributed by atoms with Crippen molar-refractivity contribution in [2.24, 2.45) is 0 Å². The summed E-state index contributed by atoms with van der Waals surface area (Å²) >= 11 is 2.08. The van der Waals surface area contributed by atoms with Gasteiger partial charge in [0.05, 0.1) is 0 Å². The third-order valence-electron chi connectivity index (χ3n) is 2.06. The van der Waals surface area contributed by atoms with E-state index < -0.39 is 0 Å². The topological polar surface area (TPSA) is 55.1 Å². The first-order valence-electron chi connectivity index (χ1n) is 4.66. The molecule has 0 radical (unpaired) electrons. The molecule has 0 aliphatic carbocycles. The molecule has 0 bridgehead atoms. The molecule has 0 saturated heterocycles. The van der Waals surface area contributed by atoms with Crippen molar-refractivity contribution in [2.75, 3.05) is 5.32 Å². The van der Waals surface area contributed by atoms with E-state index in [-0.39, 0.29) is 5.91 Å². The van der Waals surface area contributed by atoms with Crippen LogP contribution in [0.25, 0.3) is 0 Å². The van der Waals surface area contributed by atoms with Crippen LogP contribution in [0, 0.1) is 10.5 Å². The lowest BCUT2D eigenvalue weighted by Gasteiger charge is -2.01. The van der Waals surface area contributed by atoms with Gasteiger partial charge in [0.1, 0.15) is 9.33 Å². The maximum absolute atomic E-state index is 11.8. The van der Waals surface area contributed by atoms with Crippen molar-refractivity contribution in [2.45, 2.75) is 6.92 Å². The fourth-order valence-electron chi connectivity index (χ4n) is 1.21. The van der Waals surface area contributed by atoms with E-state index in [2.05, 4.69) is 33.1 Å². The van der Waals surface area contributed by atoms with Gasteiger partial charge in [-0.2, -0.15) is 0 Å².